The number of urea groups is 1. The van der Waals surface area contributed by atoms with Gasteiger partial charge in [0.2, 0.25) is 0 Å². The van der Waals surface area contributed by atoms with Crippen LogP contribution in [0.5, 0.6) is 0 Å². The number of carbonyl (C=O) groups is 2. The Bertz CT molecular complexity index is 286. The molecule has 0 aliphatic carbocycles. The Morgan fingerprint density at radius 3 is 2.06 bits per heavy atom. The standard InChI is InChI=1S/C12H24N2O4/c1-5-7-14(8-10(15)16)11(17)13(6-2)9-12(3,4)18/h18H,5-9H2,1-4H3,(H,15,16). The smallest absolute Gasteiger partial charge is 0.323 e. The van der Waals surface area contributed by atoms with Crippen LogP contribution < -0.4 is 0 Å². The Hall–Kier alpha value is -1.30. The van der Waals surface area contributed by atoms with Gasteiger partial charge in [0, 0.05) is 13.1 Å². The van der Waals surface area contributed by atoms with Gasteiger partial charge in [-0.1, -0.05) is 6.92 Å². The molecule has 0 radical (unpaired) electrons. The first-order valence-electron chi connectivity index (χ1n) is 6.19. The lowest BCUT2D eigenvalue weighted by molar-refractivity contribution is -0.137. The minimum absolute atomic E-state index is 0.183. The van der Waals surface area contributed by atoms with Crippen molar-refractivity contribution in [1.82, 2.24) is 9.80 Å². The SMILES string of the molecule is CCCN(CC(=O)O)C(=O)N(CC)CC(C)(C)O. The van der Waals surface area contributed by atoms with Crippen LogP contribution in [-0.4, -0.2) is 63.8 Å². The van der Waals surface area contributed by atoms with E-state index in [0.29, 0.717) is 19.5 Å². The summed E-state index contributed by atoms with van der Waals surface area (Å²) in [5.41, 5.74) is -0.993. The van der Waals surface area contributed by atoms with Crippen LogP contribution in [0.1, 0.15) is 34.1 Å². The number of hydrogen-bond donors (Lipinski definition) is 2. The lowest BCUT2D eigenvalue weighted by Gasteiger charge is -2.32. The number of nitrogens with zero attached hydrogens (tertiary/aromatic N) is 2. The van der Waals surface area contributed by atoms with Gasteiger partial charge in [0.05, 0.1) is 12.1 Å². The van der Waals surface area contributed by atoms with E-state index < -0.39 is 11.6 Å². The average molecular weight is 260 g/mol. The van der Waals surface area contributed by atoms with Crippen LogP contribution in [0.4, 0.5) is 4.79 Å². The van der Waals surface area contributed by atoms with Crippen molar-refractivity contribution in [2.75, 3.05) is 26.2 Å². The van der Waals surface area contributed by atoms with Crippen molar-refractivity contribution in [2.45, 2.75) is 39.7 Å². The van der Waals surface area contributed by atoms with Crippen LogP contribution in [-0.2, 0) is 4.79 Å². The molecule has 0 atom stereocenters. The zero-order chi connectivity index (χ0) is 14.3. The molecule has 0 aromatic heterocycles. The second-order valence-electron chi connectivity index (χ2n) is 4.92. The predicted molar refractivity (Wildman–Crippen MR) is 68.4 cm³/mol. The maximum atomic E-state index is 12.2. The third-order valence-electron chi connectivity index (χ3n) is 2.32. The van der Waals surface area contributed by atoms with Crippen molar-refractivity contribution in [3.63, 3.8) is 0 Å². The zero-order valence-electron chi connectivity index (χ0n) is 11.6. The molecule has 0 unspecified atom stereocenters. The number of aliphatic carboxylic acids is 1. The van der Waals surface area contributed by atoms with Crippen molar-refractivity contribution >= 4 is 12.0 Å². The topological polar surface area (TPSA) is 81.1 Å². The van der Waals surface area contributed by atoms with E-state index in [0.717, 1.165) is 0 Å². The van der Waals surface area contributed by atoms with Gasteiger partial charge in [-0.3, -0.25) is 4.79 Å². The van der Waals surface area contributed by atoms with E-state index in [1.165, 1.54) is 9.80 Å². The Morgan fingerprint density at radius 2 is 1.72 bits per heavy atom. The molecule has 106 valence electrons. The molecule has 18 heavy (non-hydrogen) atoms. The number of hydrogen-bond acceptors (Lipinski definition) is 3. The van der Waals surface area contributed by atoms with Gasteiger partial charge in [0.25, 0.3) is 0 Å². The third kappa shape index (κ3) is 6.44. The van der Waals surface area contributed by atoms with Gasteiger partial charge in [-0.05, 0) is 27.2 Å². The van der Waals surface area contributed by atoms with Gasteiger partial charge in [0.1, 0.15) is 6.54 Å². The molecule has 0 spiro atoms. The second kappa shape index (κ2) is 7.20. The van der Waals surface area contributed by atoms with Gasteiger partial charge in [0.15, 0.2) is 0 Å². The van der Waals surface area contributed by atoms with Gasteiger partial charge in [-0.25, -0.2) is 4.79 Å². The summed E-state index contributed by atoms with van der Waals surface area (Å²) in [6.45, 7) is 7.62. The number of amides is 2. The minimum atomic E-state index is -1.03. The fourth-order valence-corrected chi connectivity index (χ4v) is 1.66. The minimum Gasteiger partial charge on any atom is -0.480 e. The van der Waals surface area contributed by atoms with Gasteiger partial charge in [-0.2, -0.15) is 0 Å². The fourth-order valence-electron chi connectivity index (χ4n) is 1.66. The Kier molecular flexibility index (Phi) is 6.68. The second-order valence-corrected chi connectivity index (χ2v) is 4.92. The first kappa shape index (κ1) is 16.7. The summed E-state index contributed by atoms with van der Waals surface area (Å²) in [6.07, 6.45) is 0.694. The van der Waals surface area contributed by atoms with E-state index in [1.54, 1.807) is 20.8 Å². The monoisotopic (exact) mass is 260 g/mol. The normalized spacial score (nSPS) is 11.2. The highest BCUT2D eigenvalue weighted by atomic mass is 16.4. The van der Waals surface area contributed by atoms with Crippen molar-refractivity contribution in [3.05, 3.63) is 0 Å². The molecule has 0 fully saturated rings. The Labute approximate surface area is 108 Å². The van der Waals surface area contributed by atoms with Gasteiger partial charge < -0.3 is 20.0 Å². The van der Waals surface area contributed by atoms with Crippen LogP contribution in [0.3, 0.4) is 0 Å². The molecule has 6 heteroatoms. The summed E-state index contributed by atoms with van der Waals surface area (Å²) in [6, 6.07) is -0.344. The Morgan fingerprint density at radius 1 is 1.17 bits per heavy atom. The lowest BCUT2D eigenvalue weighted by atomic mass is 10.1. The molecule has 0 bridgehead atoms. The highest BCUT2D eigenvalue weighted by molar-refractivity contribution is 5.80. The van der Waals surface area contributed by atoms with Crippen LogP contribution in [0.15, 0.2) is 0 Å². The summed E-state index contributed by atoms with van der Waals surface area (Å²) >= 11 is 0. The summed E-state index contributed by atoms with van der Waals surface area (Å²) in [4.78, 5) is 25.6. The van der Waals surface area contributed by atoms with Crippen molar-refractivity contribution in [2.24, 2.45) is 0 Å². The molecule has 0 aromatic rings. The molecule has 6 nitrogen and oxygen atoms in total. The summed E-state index contributed by atoms with van der Waals surface area (Å²) in [5, 5.41) is 18.5. The molecule has 0 rings (SSSR count). The maximum absolute atomic E-state index is 12.2. The molecular formula is C12H24N2O4. The Balaban J connectivity index is 4.74. The lowest BCUT2D eigenvalue weighted by Crippen LogP contribution is -2.50. The first-order valence-corrected chi connectivity index (χ1v) is 6.19. The van der Waals surface area contributed by atoms with E-state index in [1.807, 2.05) is 6.92 Å². The van der Waals surface area contributed by atoms with Gasteiger partial charge in [-0.15, -0.1) is 0 Å². The molecular weight excluding hydrogens is 236 g/mol. The molecule has 0 aromatic carbocycles. The van der Waals surface area contributed by atoms with E-state index >= 15 is 0 Å². The van der Waals surface area contributed by atoms with Crippen LogP contribution in [0, 0.1) is 0 Å². The number of aliphatic hydroxyl groups is 1. The molecule has 0 heterocycles. The maximum Gasteiger partial charge on any atom is 0.323 e. The fraction of sp³-hybridized carbons (Fsp3) is 0.833. The van der Waals surface area contributed by atoms with Crippen LogP contribution >= 0.6 is 0 Å². The molecule has 0 saturated heterocycles. The summed E-state index contributed by atoms with van der Waals surface area (Å²) in [7, 11) is 0. The number of likely N-dealkylation sites (N-methyl/N-ethyl adjacent to an activating group) is 1. The number of carboxylic acid groups (broad SMARTS) is 1. The first-order chi connectivity index (χ1) is 8.21. The molecule has 0 aliphatic heterocycles. The summed E-state index contributed by atoms with van der Waals surface area (Å²) in [5.74, 6) is -1.03. The van der Waals surface area contributed by atoms with E-state index in [4.69, 9.17) is 5.11 Å². The van der Waals surface area contributed by atoms with Gasteiger partial charge >= 0.3 is 12.0 Å². The van der Waals surface area contributed by atoms with E-state index in [-0.39, 0.29) is 19.1 Å². The third-order valence-corrected chi connectivity index (χ3v) is 2.32. The highest BCUT2D eigenvalue weighted by Crippen LogP contribution is 2.08. The number of carbonyl (C=O) groups excluding carboxylic acids is 1. The number of carboxylic acids is 1. The molecule has 0 aliphatic rings. The summed E-state index contributed by atoms with van der Waals surface area (Å²) < 4.78 is 0. The quantitative estimate of drug-likeness (QED) is 0.715. The van der Waals surface area contributed by atoms with Crippen LogP contribution in [0.25, 0.3) is 0 Å². The van der Waals surface area contributed by atoms with E-state index in [2.05, 4.69) is 0 Å². The highest BCUT2D eigenvalue weighted by Gasteiger charge is 2.25. The molecule has 0 saturated carbocycles. The molecule has 2 amide bonds. The molecule has 2 N–H and O–H groups in total. The predicted octanol–water partition coefficient (Wildman–Crippen LogP) is 0.996. The van der Waals surface area contributed by atoms with Crippen molar-refractivity contribution < 1.29 is 19.8 Å². The average Bonchev–Trinajstić information content (AvgIpc) is 2.22. The van der Waals surface area contributed by atoms with Crippen LogP contribution in [0.2, 0.25) is 0 Å². The van der Waals surface area contributed by atoms with Crippen molar-refractivity contribution in [1.29, 1.82) is 0 Å². The van der Waals surface area contributed by atoms with E-state index in [9.17, 15) is 14.7 Å². The number of rotatable bonds is 7. The van der Waals surface area contributed by atoms with Crippen molar-refractivity contribution in [3.8, 4) is 0 Å². The zero-order valence-corrected chi connectivity index (χ0v) is 11.6. The largest absolute Gasteiger partial charge is 0.480 e.